The molecule has 4 aliphatic rings. The highest BCUT2D eigenvalue weighted by Gasteiger charge is 2.55. The summed E-state index contributed by atoms with van der Waals surface area (Å²) in [5.41, 5.74) is 0.745. The number of hydrogen-bond acceptors (Lipinski definition) is 4. The summed E-state index contributed by atoms with van der Waals surface area (Å²) in [7, 11) is 0. The molecular formula is C22H27NO4. The number of Topliss-reactive ketones (excluding diaryl/α,β-unsaturated/α-hetero) is 1. The molecular weight excluding hydrogens is 342 g/mol. The quantitative estimate of drug-likeness (QED) is 0.797. The number of ether oxygens (including phenoxy) is 1. The SMILES string of the molecule is CC(=O)Nc1ccc(C(=O)OC(C)C(=O)C23CC4CC(CC(C4)C2)C3)cc1. The lowest BCUT2D eigenvalue weighted by Crippen LogP contribution is -2.52. The molecule has 4 saturated carbocycles. The number of anilines is 1. The summed E-state index contributed by atoms with van der Waals surface area (Å²) in [5, 5.41) is 2.66. The van der Waals surface area contributed by atoms with E-state index in [1.807, 2.05) is 0 Å². The largest absolute Gasteiger partial charge is 0.451 e. The second kappa shape index (κ2) is 6.77. The van der Waals surface area contributed by atoms with Gasteiger partial charge in [-0.15, -0.1) is 0 Å². The fraction of sp³-hybridized carbons (Fsp3) is 0.591. The van der Waals surface area contributed by atoms with Crippen LogP contribution in [0.25, 0.3) is 0 Å². The van der Waals surface area contributed by atoms with Crippen LogP contribution in [0.15, 0.2) is 24.3 Å². The van der Waals surface area contributed by atoms with Crippen LogP contribution in [-0.2, 0) is 14.3 Å². The number of ketones is 1. The number of hydrogen-bond donors (Lipinski definition) is 1. The molecule has 4 bridgehead atoms. The number of carbonyl (C=O) groups is 3. The van der Waals surface area contributed by atoms with Crippen molar-refractivity contribution in [2.45, 2.75) is 58.5 Å². The van der Waals surface area contributed by atoms with Crippen LogP contribution in [0.4, 0.5) is 5.69 Å². The van der Waals surface area contributed by atoms with Crippen molar-refractivity contribution in [3.8, 4) is 0 Å². The smallest absolute Gasteiger partial charge is 0.338 e. The Kier molecular flexibility index (Phi) is 4.57. The van der Waals surface area contributed by atoms with E-state index in [1.165, 1.54) is 26.2 Å². The van der Waals surface area contributed by atoms with E-state index >= 15 is 0 Å². The van der Waals surface area contributed by atoms with Crippen LogP contribution in [0.5, 0.6) is 0 Å². The molecule has 0 aromatic heterocycles. The molecule has 5 nitrogen and oxygen atoms in total. The van der Waals surface area contributed by atoms with E-state index in [9.17, 15) is 14.4 Å². The first-order chi connectivity index (χ1) is 12.8. The molecule has 0 radical (unpaired) electrons. The van der Waals surface area contributed by atoms with Gasteiger partial charge in [-0.2, -0.15) is 0 Å². The van der Waals surface area contributed by atoms with Gasteiger partial charge in [0.15, 0.2) is 11.9 Å². The molecule has 0 aliphatic heterocycles. The minimum absolute atomic E-state index is 0.116. The highest BCUT2D eigenvalue weighted by Crippen LogP contribution is 2.60. The topological polar surface area (TPSA) is 72.5 Å². The summed E-state index contributed by atoms with van der Waals surface area (Å²) in [6.45, 7) is 3.14. The van der Waals surface area contributed by atoms with Crippen molar-refractivity contribution >= 4 is 23.3 Å². The normalized spacial score (nSPS) is 32.0. The van der Waals surface area contributed by atoms with E-state index in [4.69, 9.17) is 4.74 Å². The Morgan fingerprint density at radius 2 is 1.52 bits per heavy atom. The average molecular weight is 369 g/mol. The van der Waals surface area contributed by atoms with Crippen molar-refractivity contribution in [1.82, 2.24) is 0 Å². The third-order valence-electron chi connectivity index (χ3n) is 6.65. The predicted octanol–water partition coefficient (Wildman–Crippen LogP) is 3.98. The Balaban J connectivity index is 1.41. The fourth-order valence-corrected chi connectivity index (χ4v) is 6.02. The van der Waals surface area contributed by atoms with Gasteiger partial charge in [-0.05, 0) is 87.5 Å². The molecule has 1 amide bonds. The fourth-order valence-electron chi connectivity index (χ4n) is 6.02. The zero-order valence-corrected chi connectivity index (χ0v) is 16.0. The van der Waals surface area contributed by atoms with Crippen LogP contribution in [0.2, 0.25) is 0 Å². The van der Waals surface area contributed by atoms with Crippen molar-refractivity contribution < 1.29 is 19.1 Å². The molecule has 0 saturated heterocycles. The minimum atomic E-state index is -0.719. The summed E-state index contributed by atoms with van der Waals surface area (Å²) >= 11 is 0. The molecule has 5 heteroatoms. The zero-order valence-electron chi connectivity index (χ0n) is 16.0. The summed E-state index contributed by atoms with van der Waals surface area (Å²) in [6, 6.07) is 6.53. The first-order valence-corrected chi connectivity index (χ1v) is 9.97. The maximum atomic E-state index is 13.2. The standard InChI is InChI=1S/C22H27NO4/c1-13(27-21(26)18-3-5-19(6-4-18)23-14(2)24)20(25)22-10-15-7-16(11-22)9-17(8-15)12-22/h3-6,13,15-17H,7-12H2,1-2H3,(H,23,24). The van der Waals surface area contributed by atoms with Gasteiger partial charge in [0.05, 0.1) is 5.56 Å². The number of benzene rings is 1. The van der Waals surface area contributed by atoms with Crippen LogP contribution in [-0.4, -0.2) is 23.8 Å². The van der Waals surface area contributed by atoms with Crippen molar-refractivity contribution in [2.24, 2.45) is 23.2 Å². The van der Waals surface area contributed by atoms with Crippen molar-refractivity contribution in [1.29, 1.82) is 0 Å². The molecule has 5 rings (SSSR count). The van der Waals surface area contributed by atoms with Gasteiger partial charge in [0.1, 0.15) is 0 Å². The van der Waals surface area contributed by atoms with Crippen LogP contribution in [0.3, 0.4) is 0 Å². The molecule has 0 heterocycles. The van der Waals surface area contributed by atoms with Gasteiger partial charge in [-0.25, -0.2) is 4.79 Å². The van der Waals surface area contributed by atoms with Gasteiger partial charge in [-0.3, -0.25) is 9.59 Å². The Bertz CT molecular complexity index is 732. The average Bonchev–Trinajstić information content (AvgIpc) is 2.60. The summed E-state index contributed by atoms with van der Waals surface area (Å²) in [4.78, 5) is 36.7. The van der Waals surface area contributed by atoms with Crippen molar-refractivity contribution in [2.75, 3.05) is 5.32 Å². The monoisotopic (exact) mass is 369 g/mol. The number of nitrogens with one attached hydrogen (secondary N) is 1. The Hall–Kier alpha value is -2.17. The second-order valence-corrected chi connectivity index (χ2v) is 8.87. The van der Waals surface area contributed by atoms with Crippen LogP contribution in [0, 0.1) is 23.2 Å². The van der Waals surface area contributed by atoms with Crippen LogP contribution in [0.1, 0.15) is 62.7 Å². The highest BCUT2D eigenvalue weighted by atomic mass is 16.5. The lowest BCUT2D eigenvalue weighted by molar-refractivity contribution is -0.152. The molecule has 27 heavy (non-hydrogen) atoms. The van der Waals surface area contributed by atoms with Gasteiger partial charge in [-0.1, -0.05) is 0 Å². The van der Waals surface area contributed by atoms with E-state index in [0.29, 0.717) is 29.0 Å². The van der Waals surface area contributed by atoms with Gasteiger partial charge < -0.3 is 10.1 Å². The summed E-state index contributed by atoms with van der Waals surface area (Å²) < 4.78 is 5.53. The maximum Gasteiger partial charge on any atom is 0.338 e. The van der Waals surface area contributed by atoms with Crippen LogP contribution >= 0.6 is 0 Å². The lowest BCUT2D eigenvalue weighted by atomic mass is 9.48. The number of rotatable bonds is 5. The van der Waals surface area contributed by atoms with Crippen molar-refractivity contribution in [3.63, 3.8) is 0 Å². The van der Waals surface area contributed by atoms with Gasteiger partial charge in [0, 0.05) is 18.0 Å². The molecule has 4 fully saturated rings. The van der Waals surface area contributed by atoms with Gasteiger partial charge in [0.25, 0.3) is 0 Å². The van der Waals surface area contributed by atoms with E-state index in [0.717, 1.165) is 19.3 Å². The van der Waals surface area contributed by atoms with Gasteiger partial charge in [0.2, 0.25) is 5.91 Å². The third-order valence-corrected chi connectivity index (χ3v) is 6.65. The summed E-state index contributed by atoms with van der Waals surface area (Å²) in [5.74, 6) is 1.51. The van der Waals surface area contributed by atoms with E-state index in [1.54, 1.807) is 31.2 Å². The molecule has 1 unspecified atom stereocenters. The molecule has 4 aliphatic carbocycles. The van der Waals surface area contributed by atoms with E-state index in [-0.39, 0.29) is 17.1 Å². The molecule has 1 N–H and O–H groups in total. The minimum Gasteiger partial charge on any atom is -0.451 e. The molecule has 1 atom stereocenters. The Morgan fingerprint density at radius 1 is 1.00 bits per heavy atom. The van der Waals surface area contributed by atoms with E-state index in [2.05, 4.69) is 5.32 Å². The molecule has 1 aromatic carbocycles. The highest BCUT2D eigenvalue weighted by molar-refractivity contribution is 5.95. The molecule has 1 aromatic rings. The second-order valence-electron chi connectivity index (χ2n) is 8.87. The predicted molar refractivity (Wildman–Crippen MR) is 101 cm³/mol. The molecule has 0 spiro atoms. The third kappa shape index (κ3) is 3.52. The first kappa shape index (κ1) is 18.2. The Labute approximate surface area is 159 Å². The van der Waals surface area contributed by atoms with E-state index < -0.39 is 12.1 Å². The summed E-state index contributed by atoms with van der Waals surface area (Å²) in [6.07, 6.45) is 6.05. The maximum absolute atomic E-state index is 13.2. The lowest BCUT2D eigenvalue weighted by Gasteiger charge is -2.56. The zero-order chi connectivity index (χ0) is 19.2. The molecule has 144 valence electrons. The Morgan fingerprint density at radius 3 is 2.00 bits per heavy atom. The van der Waals surface area contributed by atoms with Crippen LogP contribution < -0.4 is 5.32 Å². The number of carbonyl (C=O) groups excluding carboxylic acids is 3. The number of amides is 1. The first-order valence-electron chi connectivity index (χ1n) is 9.97. The van der Waals surface area contributed by atoms with Crippen molar-refractivity contribution in [3.05, 3.63) is 29.8 Å². The number of esters is 1. The van der Waals surface area contributed by atoms with Gasteiger partial charge >= 0.3 is 5.97 Å².